The Morgan fingerprint density at radius 2 is 2.10 bits per heavy atom. The first kappa shape index (κ1) is 18.7. The molecule has 30 heavy (non-hydrogen) atoms. The van der Waals surface area contributed by atoms with Crippen LogP contribution in [0.15, 0.2) is 48.7 Å². The number of carbonyl (C=O) groups excluding carboxylic acids is 2. The van der Waals surface area contributed by atoms with Gasteiger partial charge >= 0.3 is 0 Å². The summed E-state index contributed by atoms with van der Waals surface area (Å²) >= 11 is 0. The lowest BCUT2D eigenvalue weighted by Crippen LogP contribution is -2.27. The van der Waals surface area contributed by atoms with Gasteiger partial charge in [-0.15, -0.1) is 0 Å². The summed E-state index contributed by atoms with van der Waals surface area (Å²) in [5, 5.41) is 2.76. The lowest BCUT2D eigenvalue weighted by atomic mass is 9.98. The van der Waals surface area contributed by atoms with Gasteiger partial charge in [-0.25, -0.2) is 9.37 Å². The predicted molar refractivity (Wildman–Crippen MR) is 113 cm³/mol. The molecule has 0 spiro atoms. The second-order valence-electron chi connectivity index (χ2n) is 8.20. The molecule has 152 valence electrons. The third-order valence-electron chi connectivity index (χ3n) is 6.21. The van der Waals surface area contributed by atoms with Crippen molar-refractivity contribution >= 4 is 29.3 Å². The van der Waals surface area contributed by atoms with Gasteiger partial charge in [0.15, 0.2) is 0 Å². The lowest BCUT2D eigenvalue weighted by Gasteiger charge is -2.16. The van der Waals surface area contributed by atoms with E-state index in [1.807, 2.05) is 23.1 Å². The number of aryl methyl sites for hydroxylation is 1. The fraction of sp³-hybridized carbons (Fsp3) is 0.292. The van der Waals surface area contributed by atoms with Crippen LogP contribution in [-0.2, 0) is 16.0 Å². The molecule has 5 nitrogen and oxygen atoms in total. The Morgan fingerprint density at radius 3 is 2.93 bits per heavy atom. The number of anilines is 1. The summed E-state index contributed by atoms with van der Waals surface area (Å²) in [6, 6.07) is 8.85. The molecule has 2 amide bonds. The number of pyridine rings is 1. The largest absolute Gasteiger partial charge is 0.338 e. The van der Waals surface area contributed by atoms with Gasteiger partial charge in [-0.1, -0.05) is 24.3 Å². The van der Waals surface area contributed by atoms with Gasteiger partial charge in [0.1, 0.15) is 11.6 Å². The molecule has 3 heterocycles. The van der Waals surface area contributed by atoms with Crippen LogP contribution < -0.4 is 5.32 Å². The smallest absolute Gasteiger partial charge is 0.246 e. The maximum absolute atomic E-state index is 14.1. The number of allylic oxidation sites excluding steroid dienone is 1. The first-order valence-electron chi connectivity index (χ1n) is 10.3. The zero-order valence-electron chi connectivity index (χ0n) is 16.5. The summed E-state index contributed by atoms with van der Waals surface area (Å²) in [5.41, 5.74) is 3.57. The van der Waals surface area contributed by atoms with E-state index in [1.54, 1.807) is 24.4 Å². The number of carbonyl (C=O) groups is 2. The first-order chi connectivity index (χ1) is 14.6. The van der Waals surface area contributed by atoms with Crippen LogP contribution in [-0.4, -0.2) is 34.8 Å². The monoisotopic (exact) mass is 403 g/mol. The minimum atomic E-state index is -0.183. The molecule has 6 heteroatoms. The standard InChI is InChI=1S/C24H22FN3O2/c25-21-4-2-1-3-20(21)17-10-18-13-28(14-19(18)11-17)23(30)8-5-15-9-16-6-7-22(29)27-24(16)26-12-15/h1-5,8-10,12,18-19H,6-7,11,13-14H2,(H,26,27,29). The van der Waals surface area contributed by atoms with Crippen molar-refractivity contribution < 1.29 is 14.0 Å². The van der Waals surface area contributed by atoms with Crippen molar-refractivity contribution in [3.63, 3.8) is 0 Å². The van der Waals surface area contributed by atoms with Gasteiger partial charge in [0.05, 0.1) is 0 Å². The Kier molecular flexibility index (Phi) is 4.69. The highest BCUT2D eigenvalue weighted by Gasteiger charge is 2.38. The van der Waals surface area contributed by atoms with Crippen molar-refractivity contribution in [2.45, 2.75) is 19.3 Å². The molecule has 2 aromatic rings. The maximum atomic E-state index is 14.1. The van der Waals surface area contributed by atoms with E-state index in [0.29, 0.717) is 43.2 Å². The first-order valence-corrected chi connectivity index (χ1v) is 10.3. The molecule has 2 atom stereocenters. The number of rotatable bonds is 3. The SMILES string of the molecule is O=C1CCc2cc(C=CC(=O)N3CC4C=C(c5ccccc5F)CC4C3)cnc2N1. The molecule has 2 unspecified atom stereocenters. The van der Waals surface area contributed by atoms with Crippen molar-refractivity contribution in [2.24, 2.45) is 11.8 Å². The van der Waals surface area contributed by atoms with Crippen molar-refractivity contribution in [3.8, 4) is 0 Å². The third kappa shape index (κ3) is 3.54. The van der Waals surface area contributed by atoms with E-state index in [4.69, 9.17) is 0 Å². The number of nitrogens with zero attached hydrogens (tertiary/aromatic N) is 2. The van der Waals surface area contributed by atoms with Crippen LogP contribution in [0.25, 0.3) is 11.6 Å². The highest BCUT2D eigenvalue weighted by Crippen LogP contribution is 2.41. The molecular formula is C24H22FN3O2. The fourth-order valence-corrected chi connectivity index (χ4v) is 4.65. The molecule has 1 aromatic heterocycles. The second-order valence-corrected chi connectivity index (χ2v) is 8.20. The molecular weight excluding hydrogens is 381 g/mol. The third-order valence-corrected chi connectivity index (χ3v) is 6.21. The summed E-state index contributed by atoms with van der Waals surface area (Å²) in [5.74, 6) is 1.03. The Hall–Kier alpha value is -3.28. The Labute approximate surface area is 174 Å². The van der Waals surface area contributed by atoms with Crippen molar-refractivity contribution in [1.82, 2.24) is 9.88 Å². The van der Waals surface area contributed by atoms with E-state index in [0.717, 1.165) is 23.1 Å². The number of hydrogen-bond acceptors (Lipinski definition) is 3. The Bertz CT molecular complexity index is 1090. The molecule has 0 saturated carbocycles. The zero-order valence-corrected chi connectivity index (χ0v) is 16.5. The topological polar surface area (TPSA) is 62.3 Å². The molecule has 1 fully saturated rings. The molecule has 1 aromatic carbocycles. The van der Waals surface area contributed by atoms with Crippen LogP contribution in [0.1, 0.15) is 29.5 Å². The van der Waals surface area contributed by atoms with Gasteiger partial charge in [-0.05, 0) is 59.6 Å². The number of halogens is 1. The molecule has 1 aliphatic carbocycles. The van der Waals surface area contributed by atoms with E-state index < -0.39 is 0 Å². The van der Waals surface area contributed by atoms with Crippen LogP contribution in [0.4, 0.5) is 10.2 Å². The average molecular weight is 403 g/mol. The summed E-state index contributed by atoms with van der Waals surface area (Å²) < 4.78 is 14.1. The van der Waals surface area contributed by atoms with Crippen LogP contribution >= 0.6 is 0 Å². The van der Waals surface area contributed by atoms with Crippen LogP contribution in [0.3, 0.4) is 0 Å². The number of aromatic nitrogens is 1. The number of benzene rings is 1. The quantitative estimate of drug-likeness (QED) is 0.796. The Balaban J connectivity index is 1.24. The van der Waals surface area contributed by atoms with Crippen LogP contribution in [0.2, 0.25) is 0 Å². The van der Waals surface area contributed by atoms with Gasteiger partial charge in [0.2, 0.25) is 11.8 Å². The number of likely N-dealkylation sites (tertiary alicyclic amines) is 1. The summed E-state index contributed by atoms with van der Waals surface area (Å²) in [6.45, 7) is 1.36. The molecule has 3 aliphatic rings. The summed E-state index contributed by atoms with van der Waals surface area (Å²) in [4.78, 5) is 30.3. The number of nitrogens with one attached hydrogen (secondary N) is 1. The van der Waals surface area contributed by atoms with E-state index in [-0.39, 0.29) is 23.5 Å². The molecule has 2 aliphatic heterocycles. The Morgan fingerprint density at radius 1 is 1.23 bits per heavy atom. The molecule has 1 saturated heterocycles. The second kappa shape index (κ2) is 7.52. The fourth-order valence-electron chi connectivity index (χ4n) is 4.65. The average Bonchev–Trinajstić information content (AvgIpc) is 3.31. The number of amides is 2. The minimum Gasteiger partial charge on any atom is -0.338 e. The van der Waals surface area contributed by atoms with Crippen molar-refractivity contribution in [2.75, 3.05) is 18.4 Å². The van der Waals surface area contributed by atoms with E-state index in [2.05, 4.69) is 16.4 Å². The van der Waals surface area contributed by atoms with Gasteiger partial charge in [-0.3, -0.25) is 9.59 Å². The zero-order chi connectivity index (χ0) is 20.7. The molecule has 1 N–H and O–H groups in total. The summed E-state index contributed by atoms with van der Waals surface area (Å²) in [6.07, 6.45) is 9.10. The minimum absolute atomic E-state index is 0.0136. The highest BCUT2D eigenvalue weighted by molar-refractivity contribution is 5.94. The van der Waals surface area contributed by atoms with Crippen molar-refractivity contribution in [1.29, 1.82) is 0 Å². The molecule has 5 rings (SSSR count). The molecule has 0 radical (unpaired) electrons. The number of hydrogen-bond donors (Lipinski definition) is 1. The van der Waals surface area contributed by atoms with E-state index >= 15 is 0 Å². The van der Waals surface area contributed by atoms with Crippen LogP contribution in [0, 0.1) is 17.7 Å². The van der Waals surface area contributed by atoms with Gasteiger partial charge < -0.3 is 10.2 Å². The lowest BCUT2D eigenvalue weighted by molar-refractivity contribution is -0.125. The number of fused-ring (bicyclic) bond motifs is 2. The normalized spacial score (nSPS) is 22.6. The van der Waals surface area contributed by atoms with Gasteiger partial charge in [0, 0.05) is 37.3 Å². The molecule has 0 bridgehead atoms. The van der Waals surface area contributed by atoms with Gasteiger partial charge in [0.25, 0.3) is 0 Å². The van der Waals surface area contributed by atoms with Crippen LogP contribution in [0.5, 0.6) is 0 Å². The predicted octanol–water partition coefficient (Wildman–Crippen LogP) is 3.68. The summed E-state index contributed by atoms with van der Waals surface area (Å²) in [7, 11) is 0. The van der Waals surface area contributed by atoms with Gasteiger partial charge in [-0.2, -0.15) is 0 Å². The van der Waals surface area contributed by atoms with Crippen molar-refractivity contribution in [3.05, 3.63) is 71.2 Å². The highest BCUT2D eigenvalue weighted by atomic mass is 19.1. The van der Waals surface area contributed by atoms with E-state index in [1.165, 1.54) is 6.07 Å². The van der Waals surface area contributed by atoms with E-state index in [9.17, 15) is 14.0 Å². The maximum Gasteiger partial charge on any atom is 0.246 e.